The van der Waals surface area contributed by atoms with Gasteiger partial charge in [0.05, 0.1) is 17.5 Å². The van der Waals surface area contributed by atoms with E-state index in [1.54, 1.807) is 12.1 Å². The molecule has 1 aromatic heterocycles. The number of nitrogens with zero attached hydrogens (tertiary/aromatic N) is 4. The Morgan fingerprint density at radius 2 is 2.24 bits per heavy atom. The second-order valence-electron chi connectivity index (χ2n) is 3.51. The van der Waals surface area contributed by atoms with Crippen LogP contribution in [0.25, 0.3) is 11.4 Å². The van der Waals surface area contributed by atoms with E-state index in [-0.39, 0.29) is 0 Å². The lowest BCUT2D eigenvalue weighted by molar-refractivity contribution is 0.731. The van der Waals surface area contributed by atoms with Crippen LogP contribution in [0, 0.1) is 11.3 Å². The summed E-state index contributed by atoms with van der Waals surface area (Å²) in [7, 11) is 0. The van der Waals surface area contributed by atoms with E-state index in [1.165, 1.54) is 0 Å². The number of rotatable bonds is 3. The third kappa shape index (κ3) is 2.15. The summed E-state index contributed by atoms with van der Waals surface area (Å²) < 4.78 is 1.95. The maximum Gasteiger partial charge on any atom is 0.164 e. The van der Waals surface area contributed by atoms with E-state index >= 15 is 0 Å². The predicted octanol–water partition coefficient (Wildman–Crippen LogP) is 2.58. The summed E-state index contributed by atoms with van der Waals surface area (Å²) in [5.74, 6) is 1.82. The Morgan fingerprint density at radius 3 is 2.88 bits per heavy atom. The molecule has 0 atom stereocenters. The monoisotopic (exact) mass is 246 g/mol. The zero-order chi connectivity index (χ0) is 12.3. The molecule has 0 radical (unpaired) electrons. The molecule has 0 bridgehead atoms. The number of benzene rings is 1. The smallest absolute Gasteiger partial charge is 0.164 e. The van der Waals surface area contributed by atoms with Crippen molar-refractivity contribution < 1.29 is 0 Å². The normalized spacial score (nSPS) is 10.2. The van der Waals surface area contributed by atoms with Gasteiger partial charge in [-0.2, -0.15) is 5.26 Å². The average molecular weight is 247 g/mol. The van der Waals surface area contributed by atoms with Crippen LogP contribution in [0.1, 0.15) is 18.3 Å². The average Bonchev–Trinajstić information content (AvgIpc) is 2.81. The molecule has 0 aliphatic carbocycles. The predicted molar refractivity (Wildman–Crippen MR) is 65.4 cm³/mol. The first-order valence-electron chi connectivity index (χ1n) is 5.28. The van der Waals surface area contributed by atoms with Gasteiger partial charge in [0.25, 0.3) is 0 Å². The molecule has 0 saturated carbocycles. The molecule has 2 rings (SSSR count). The highest BCUT2D eigenvalue weighted by atomic mass is 35.5. The number of halogens is 1. The maximum atomic E-state index is 8.87. The van der Waals surface area contributed by atoms with Crippen molar-refractivity contribution in [2.75, 3.05) is 0 Å². The second kappa shape index (κ2) is 4.98. The van der Waals surface area contributed by atoms with Crippen LogP contribution in [-0.4, -0.2) is 14.8 Å². The van der Waals surface area contributed by atoms with Crippen molar-refractivity contribution in [3.8, 4) is 17.5 Å². The fourth-order valence-electron chi connectivity index (χ4n) is 1.71. The van der Waals surface area contributed by atoms with Crippen LogP contribution in [0.15, 0.2) is 24.3 Å². The van der Waals surface area contributed by atoms with E-state index in [0.717, 1.165) is 23.8 Å². The van der Waals surface area contributed by atoms with Gasteiger partial charge in [0.1, 0.15) is 5.82 Å². The van der Waals surface area contributed by atoms with Gasteiger partial charge in [-0.15, -0.1) is 21.8 Å². The van der Waals surface area contributed by atoms with Gasteiger partial charge in [-0.3, -0.25) is 0 Å². The summed E-state index contributed by atoms with van der Waals surface area (Å²) >= 11 is 5.79. The molecule has 17 heavy (non-hydrogen) atoms. The topological polar surface area (TPSA) is 54.5 Å². The molecule has 0 spiro atoms. The first-order chi connectivity index (χ1) is 8.30. The number of alkyl halides is 1. The Kier molecular flexibility index (Phi) is 3.40. The van der Waals surface area contributed by atoms with Crippen molar-refractivity contribution in [2.45, 2.75) is 19.3 Å². The summed E-state index contributed by atoms with van der Waals surface area (Å²) in [5.41, 5.74) is 1.50. The van der Waals surface area contributed by atoms with Crippen molar-refractivity contribution in [3.05, 3.63) is 35.7 Å². The van der Waals surface area contributed by atoms with Crippen LogP contribution >= 0.6 is 11.6 Å². The minimum absolute atomic E-state index is 0.332. The molecule has 1 heterocycles. The van der Waals surface area contributed by atoms with Gasteiger partial charge in [-0.05, 0) is 19.1 Å². The third-order valence-corrected chi connectivity index (χ3v) is 2.75. The summed E-state index contributed by atoms with van der Waals surface area (Å²) in [6, 6.07) is 9.42. The fraction of sp³-hybridized carbons (Fsp3) is 0.250. The minimum Gasteiger partial charge on any atom is -0.310 e. The Bertz CT molecular complexity index is 568. The molecule has 0 amide bonds. The SMILES string of the molecule is CCn1c(CCl)nnc1-c1cccc(C#N)c1. The standard InChI is InChI=1S/C12H11ClN4/c1-2-17-11(7-13)15-16-12(17)10-5-3-4-9(6-10)8-14/h3-6H,2,7H2,1H3. The molecule has 2 aromatic rings. The molecule has 0 aliphatic heterocycles. The van der Waals surface area contributed by atoms with E-state index in [1.807, 2.05) is 23.6 Å². The van der Waals surface area contributed by atoms with Crippen LogP contribution in [0.5, 0.6) is 0 Å². The van der Waals surface area contributed by atoms with Crippen LogP contribution in [0.3, 0.4) is 0 Å². The summed E-state index contributed by atoms with van der Waals surface area (Å²) in [5, 5.41) is 17.0. The van der Waals surface area contributed by atoms with Gasteiger partial charge in [0, 0.05) is 12.1 Å². The Morgan fingerprint density at radius 1 is 1.41 bits per heavy atom. The Balaban J connectivity index is 2.53. The number of hydrogen-bond donors (Lipinski definition) is 0. The molecule has 0 aliphatic rings. The van der Waals surface area contributed by atoms with Crippen molar-refractivity contribution in [2.24, 2.45) is 0 Å². The molecule has 0 unspecified atom stereocenters. The van der Waals surface area contributed by atoms with Gasteiger partial charge < -0.3 is 4.57 Å². The van der Waals surface area contributed by atoms with Crippen molar-refractivity contribution in [3.63, 3.8) is 0 Å². The van der Waals surface area contributed by atoms with Gasteiger partial charge in [0.15, 0.2) is 5.82 Å². The van der Waals surface area contributed by atoms with Crippen LogP contribution < -0.4 is 0 Å². The third-order valence-electron chi connectivity index (χ3n) is 2.51. The highest BCUT2D eigenvalue weighted by molar-refractivity contribution is 6.16. The van der Waals surface area contributed by atoms with Crippen molar-refractivity contribution in [1.82, 2.24) is 14.8 Å². The van der Waals surface area contributed by atoms with Crippen molar-refractivity contribution in [1.29, 1.82) is 5.26 Å². The van der Waals surface area contributed by atoms with Gasteiger partial charge >= 0.3 is 0 Å². The van der Waals surface area contributed by atoms with Gasteiger partial charge in [0.2, 0.25) is 0 Å². The largest absolute Gasteiger partial charge is 0.310 e. The summed E-state index contributed by atoms with van der Waals surface area (Å²) in [4.78, 5) is 0. The molecule has 0 fully saturated rings. The molecule has 0 N–H and O–H groups in total. The highest BCUT2D eigenvalue weighted by Crippen LogP contribution is 2.20. The quantitative estimate of drug-likeness (QED) is 0.782. The van der Waals surface area contributed by atoms with Crippen molar-refractivity contribution >= 4 is 11.6 Å². The lowest BCUT2D eigenvalue weighted by Gasteiger charge is -2.05. The Labute approximate surface area is 104 Å². The molecule has 1 aromatic carbocycles. The molecule has 5 heteroatoms. The van der Waals surface area contributed by atoms with E-state index in [2.05, 4.69) is 16.3 Å². The van der Waals surface area contributed by atoms with E-state index in [4.69, 9.17) is 16.9 Å². The lowest BCUT2D eigenvalue weighted by atomic mass is 10.1. The number of aromatic nitrogens is 3. The van der Waals surface area contributed by atoms with Crippen LogP contribution in [0.2, 0.25) is 0 Å². The van der Waals surface area contributed by atoms with Gasteiger partial charge in [-0.1, -0.05) is 12.1 Å². The molecule has 86 valence electrons. The fourth-order valence-corrected chi connectivity index (χ4v) is 1.91. The molecule has 0 saturated heterocycles. The Hall–Kier alpha value is -1.86. The van der Waals surface area contributed by atoms with E-state index < -0.39 is 0 Å². The van der Waals surface area contributed by atoms with E-state index in [9.17, 15) is 0 Å². The first kappa shape index (κ1) is 11.6. The van der Waals surface area contributed by atoms with Crippen LogP contribution in [0.4, 0.5) is 0 Å². The zero-order valence-corrected chi connectivity index (χ0v) is 10.1. The molecular weight excluding hydrogens is 236 g/mol. The van der Waals surface area contributed by atoms with Gasteiger partial charge in [-0.25, -0.2) is 0 Å². The minimum atomic E-state index is 0.332. The maximum absolute atomic E-state index is 8.87. The van der Waals surface area contributed by atoms with E-state index in [0.29, 0.717) is 11.4 Å². The molecule has 4 nitrogen and oxygen atoms in total. The number of hydrogen-bond acceptors (Lipinski definition) is 3. The summed E-state index contributed by atoms with van der Waals surface area (Å²) in [6.45, 7) is 2.76. The zero-order valence-electron chi connectivity index (χ0n) is 9.39. The lowest BCUT2D eigenvalue weighted by Crippen LogP contribution is -2.02. The van der Waals surface area contributed by atoms with Crippen LogP contribution in [-0.2, 0) is 12.4 Å². The number of nitriles is 1. The second-order valence-corrected chi connectivity index (χ2v) is 3.78. The highest BCUT2D eigenvalue weighted by Gasteiger charge is 2.11. The molecular formula is C12H11ClN4. The first-order valence-corrected chi connectivity index (χ1v) is 5.82. The summed E-state index contributed by atoms with van der Waals surface area (Å²) in [6.07, 6.45) is 0.